The van der Waals surface area contributed by atoms with E-state index in [9.17, 15) is 0 Å². The van der Waals surface area contributed by atoms with Crippen LogP contribution >= 0.6 is 11.8 Å². The molecule has 2 heteroatoms. The van der Waals surface area contributed by atoms with Gasteiger partial charge in [0.05, 0.1) is 0 Å². The molecule has 0 saturated carbocycles. The van der Waals surface area contributed by atoms with Crippen molar-refractivity contribution in [3.63, 3.8) is 0 Å². The van der Waals surface area contributed by atoms with Gasteiger partial charge >= 0.3 is 0 Å². The second-order valence-corrected chi connectivity index (χ2v) is 6.51. The molecule has 19 heavy (non-hydrogen) atoms. The second-order valence-electron chi connectivity index (χ2n) is 5.03. The molecule has 1 nitrogen and oxygen atoms in total. The maximum atomic E-state index is 3.74. The molecule has 1 aliphatic rings. The lowest BCUT2D eigenvalue weighted by atomic mass is 10.0. The predicted molar refractivity (Wildman–Crippen MR) is 85.8 cm³/mol. The number of thioether (sulfide) groups is 1. The van der Waals surface area contributed by atoms with Gasteiger partial charge < -0.3 is 5.32 Å². The van der Waals surface area contributed by atoms with Gasteiger partial charge in [0.1, 0.15) is 0 Å². The van der Waals surface area contributed by atoms with Gasteiger partial charge in [-0.1, -0.05) is 55.5 Å². The summed E-state index contributed by atoms with van der Waals surface area (Å²) in [5, 5.41) is 4.43. The standard InChI is InChI=1S/C17H19NS/c1-13-16(11-12-19-13)18-17-10-6-5-9-15(17)14-7-3-2-4-8-14/h2-10,13,16,18H,11-12H2,1H3. The molecule has 2 atom stereocenters. The van der Waals surface area contributed by atoms with Crippen LogP contribution in [-0.4, -0.2) is 17.0 Å². The highest BCUT2D eigenvalue weighted by Gasteiger charge is 2.24. The number of rotatable bonds is 3. The fourth-order valence-electron chi connectivity index (χ4n) is 2.60. The first kappa shape index (κ1) is 12.6. The zero-order valence-corrected chi connectivity index (χ0v) is 12.0. The number of hydrogen-bond acceptors (Lipinski definition) is 2. The Bertz CT molecular complexity index is 538. The fraction of sp³-hybridized carbons (Fsp3) is 0.294. The summed E-state index contributed by atoms with van der Waals surface area (Å²) in [6.07, 6.45) is 1.26. The monoisotopic (exact) mass is 269 g/mol. The number of anilines is 1. The summed E-state index contributed by atoms with van der Waals surface area (Å²) < 4.78 is 0. The van der Waals surface area contributed by atoms with E-state index < -0.39 is 0 Å². The largest absolute Gasteiger partial charge is 0.381 e. The molecule has 1 aliphatic heterocycles. The molecule has 0 amide bonds. The Kier molecular flexibility index (Phi) is 3.79. The summed E-state index contributed by atoms with van der Waals surface area (Å²) in [6.45, 7) is 2.32. The number of hydrogen-bond donors (Lipinski definition) is 1. The Morgan fingerprint density at radius 1 is 1.00 bits per heavy atom. The van der Waals surface area contributed by atoms with Crippen LogP contribution in [0.5, 0.6) is 0 Å². The summed E-state index contributed by atoms with van der Waals surface area (Å²) in [5.41, 5.74) is 3.84. The van der Waals surface area contributed by atoms with Crippen molar-refractivity contribution in [3.8, 4) is 11.1 Å². The van der Waals surface area contributed by atoms with Crippen LogP contribution in [-0.2, 0) is 0 Å². The van der Waals surface area contributed by atoms with Gasteiger partial charge in [0.2, 0.25) is 0 Å². The summed E-state index contributed by atoms with van der Waals surface area (Å²) >= 11 is 2.06. The fourth-order valence-corrected chi connectivity index (χ4v) is 3.80. The molecule has 0 aliphatic carbocycles. The van der Waals surface area contributed by atoms with Crippen molar-refractivity contribution >= 4 is 17.4 Å². The van der Waals surface area contributed by atoms with Gasteiger partial charge in [-0.3, -0.25) is 0 Å². The van der Waals surface area contributed by atoms with Crippen molar-refractivity contribution in [2.75, 3.05) is 11.1 Å². The van der Waals surface area contributed by atoms with Crippen LogP contribution in [0, 0.1) is 0 Å². The molecule has 3 rings (SSSR count). The molecular formula is C17H19NS. The zero-order valence-electron chi connectivity index (χ0n) is 11.2. The lowest BCUT2D eigenvalue weighted by Gasteiger charge is -2.20. The maximum absolute atomic E-state index is 3.74. The summed E-state index contributed by atoms with van der Waals surface area (Å²) in [5.74, 6) is 1.27. The van der Waals surface area contributed by atoms with E-state index in [4.69, 9.17) is 0 Å². The Morgan fingerprint density at radius 2 is 1.74 bits per heavy atom. The Morgan fingerprint density at radius 3 is 2.47 bits per heavy atom. The Hall–Kier alpha value is -1.41. The van der Waals surface area contributed by atoms with Crippen LogP contribution in [0.1, 0.15) is 13.3 Å². The van der Waals surface area contributed by atoms with Crippen LogP contribution < -0.4 is 5.32 Å². The molecule has 98 valence electrons. The third kappa shape index (κ3) is 2.79. The average molecular weight is 269 g/mol. The van der Waals surface area contributed by atoms with Crippen LogP contribution in [0.3, 0.4) is 0 Å². The lowest BCUT2D eigenvalue weighted by molar-refractivity contribution is 0.724. The second kappa shape index (κ2) is 5.70. The third-order valence-electron chi connectivity index (χ3n) is 3.73. The van der Waals surface area contributed by atoms with E-state index in [1.807, 2.05) is 0 Å². The normalized spacial score (nSPS) is 22.4. The van der Waals surface area contributed by atoms with Crippen molar-refractivity contribution < 1.29 is 0 Å². The molecule has 2 aromatic rings. The van der Waals surface area contributed by atoms with E-state index in [-0.39, 0.29) is 0 Å². The number of para-hydroxylation sites is 1. The van der Waals surface area contributed by atoms with Crippen molar-refractivity contribution in [1.29, 1.82) is 0 Å². The summed E-state index contributed by atoms with van der Waals surface area (Å²) in [7, 11) is 0. The molecule has 2 unspecified atom stereocenters. The molecule has 0 bridgehead atoms. The number of benzene rings is 2. The van der Waals surface area contributed by atoms with Gasteiger partial charge in [0.15, 0.2) is 0 Å². The van der Waals surface area contributed by atoms with Crippen LogP contribution in [0.25, 0.3) is 11.1 Å². The molecule has 1 saturated heterocycles. The minimum atomic E-state index is 0.592. The van der Waals surface area contributed by atoms with E-state index in [0.717, 1.165) is 0 Å². The molecule has 1 fully saturated rings. The Labute approximate surface area is 119 Å². The van der Waals surface area contributed by atoms with E-state index in [1.165, 1.54) is 29.0 Å². The van der Waals surface area contributed by atoms with Gasteiger partial charge in [-0.2, -0.15) is 11.8 Å². The molecule has 0 spiro atoms. The quantitative estimate of drug-likeness (QED) is 0.869. The van der Waals surface area contributed by atoms with E-state index in [2.05, 4.69) is 78.6 Å². The molecular weight excluding hydrogens is 250 g/mol. The third-order valence-corrected chi connectivity index (χ3v) is 5.05. The highest BCUT2D eigenvalue weighted by molar-refractivity contribution is 8.00. The highest BCUT2D eigenvalue weighted by Crippen LogP contribution is 2.33. The van der Waals surface area contributed by atoms with Gasteiger partial charge in [0.25, 0.3) is 0 Å². The smallest absolute Gasteiger partial charge is 0.0422 e. The maximum Gasteiger partial charge on any atom is 0.0422 e. The van der Waals surface area contributed by atoms with Gasteiger partial charge in [-0.25, -0.2) is 0 Å². The lowest BCUT2D eigenvalue weighted by Crippen LogP contribution is -2.24. The minimum Gasteiger partial charge on any atom is -0.381 e. The van der Waals surface area contributed by atoms with Crippen molar-refractivity contribution in [2.45, 2.75) is 24.6 Å². The zero-order chi connectivity index (χ0) is 13.1. The molecule has 1 N–H and O–H groups in total. The van der Waals surface area contributed by atoms with E-state index in [0.29, 0.717) is 11.3 Å². The van der Waals surface area contributed by atoms with Crippen LogP contribution in [0.4, 0.5) is 5.69 Å². The van der Waals surface area contributed by atoms with Crippen molar-refractivity contribution in [3.05, 3.63) is 54.6 Å². The van der Waals surface area contributed by atoms with Gasteiger partial charge in [-0.15, -0.1) is 0 Å². The number of nitrogens with one attached hydrogen (secondary N) is 1. The molecule has 2 aromatic carbocycles. The summed E-state index contributed by atoms with van der Waals surface area (Å²) in [4.78, 5) is 0. The minimum absolute atomic E-state index is 0.592. The summed E-state index contributed by atoms with van der Waals surface area (Å²) in [6, 6.07) is 19.8. The van der Waals surface area contributed by atoms with Crippen molar-refractivity contribution in [2.24, 2.45) is 0 Å². The van der Waals surface area contributed by atoms with Gasteiger partial charge in [-0.05, 0) is 23.8 Å². The van der Waals surface area contributed by atoms with E-state index >= 15 is 0 Å². The molecule has 1 heterocycles. The predicted octanol–water partition coefficient (Wildman–Crippen LogP) is 4.66. The topological polar surface area (TPSA) is 12.0 Å². The first-order valence-electron chi connectivity index (χ1n) is 6.87. The van der Waals surface area contributed by atoms with Crippen LogP contribution in [0.2, 0.25) is 0 Å². The van der Waals surface area contributed by atoms with Crippen LogP contribution in [0.15, 0.2) is 54.6 Å². The van der Waals surface area contributed by atoms with Crippen molar-refractivity contribution in [1.82, 2.24) is 0 Å². The molecule has 0 radical (unpaired) electrons. The average Bonchev–Trinajstić information content (AvgIpc) is 2.86. The highest BCUT2D eigenvalue weighted by atomic mass is 32.2. The SMILES string of the molecule is CC1SCCC1Nc1ccccc1-c1ccccc1. The first-order chi connectivity index (χ1) is 9.34. The molecule has 0 aromatic heterocycles. The first-order valence-corrected chi connectivity index (χ1v) is 7.92. The van der Waals surface area contributed by atoms with Gasteiger partial charge in [0, 0.05) is 22.5 Å². The van der Waals surface area contributed by atoms with E-state index in [1.54, 1.807) is 0 Å². The Balaban J connectivity index is 1.89.